The number of hydrogen-bond acceptors (Lipinski definition) is 6. The molecular formula is C18H19N3O3S. The van der Waals surface area contributed by atoms with Gasteiger partial charge in [0.15, 0.2) is 6.61 Å². The Labute approximate surface area is 150 Å². The Hall–Kier alpha value is -2.72. The van der Waals surface area contributed by atoms with E-state index in [0.29, 0.717) is 16.3 Å². The third kappa shape index (κ3) is 4.88. The Bertz CT molecular complexity index is 803. The number of benzene rings is 1. The third-order valence-corrected chi connectivity index (χ3v) is 4.43. The lowest BCUT2D eigenvalue weighted by molar-refractivity contribution is -0.121. The highest BCUT2D eigenvalue weighted by molar-refractivity contribution is 7.11. The molecule has 0 radical (unpaired) electrons. The van der Waals surface area contributed by atoms with Crippen LogP contribution in [0.15, 0.2) is 23.7 Å². The molecule has 0 saturated heterocycles. The number of anilines is 1. The van der Waals surface area contributed by atoms with Crippen molar-refractivity contribution in [2.24, 2.45) is 0 Å². The smallest absolute Gasteiger partial charge is 0.350 e. The van der Waals surface area contributed by atoms with Crippen molar-refractivity contribution in [1.82, 2.24) is 4.98 Å². The first-order valence-corrected chi connectivity index (χ1v) is 8.63. The molecule has 1 heterocycles. The van der Waals surface area contributed by atoms with Crippen LogP contribution in [-0.2, 0) is 9.53 Å². The van der Waals surface area contributed by atoms with Crippen LogP contribution in [-0.4, -0.2) is 30.0 Å². The van der Waals surface area contributed by atoms with Gasteiger partial charge in [-0.3, -0.25) is 4.79 Å². The van der Waals surface area contributed by atoms with Crippen molar-refractivity contribution in [3.8, 4) is 6.07 Å². The summed E-state index contributed by atoms with van der Waals surface area (Å²) in [5.74, 6) is -0.926. The highest BCUT2D eigenvalue weighted by atomic mass is 32.1. The van der Waals surface area contributed by atoms with E-state index in [1.54, 1.807) is 12.4 Å². The summed E-state index contributed by atoms with van der Waals surface area (Å²) < 4.78 is 5.13. The average Bonchev–Trinajstić information content (AvgIpc) is 2.98. The summed E-state index contributed by atoms with van der Waals surface area (Å²) in [4.78, 5) is 30.5. The maximum Gasteiger partial charge on any atom is 0.350 e. The number of rotatable bonds is 6. The average molecular weight is 357 g/mol. The van der Waals surface area contributed by atoms with Crippen LogP contribution in [0.4, 0.5) is 5.69 Å². The van der Waals surface area contributed by atoms with Gasteiger partial charge in [0.1, 0.15) is 4.88 Å². The van der Waals surface area contributed by atoms with Gasteiger partial charge in [0.25, 0.3) is 5.91 Å². The summed E-state index contributed by atoms with van der Waals surface area (Å²) in [7, 11) is 0. The van der Waals surface area contributed by atoms with Crippen LogP contribution < -0.4 is 4.90 Å². The molecule has 1 amide bonds. The normalized spacial score (nSPS) is 10.2. The fraction of sp³-hybridized carbons (Fsp3) is 0.333. The van der Waals surface area contributed by atoms with Gasteiger partial charge in [-0.15, -0.1) is 11.3 Å². The van der Waals surface area contributed by atoms with E-state index in [0.717, 1.165) is 11.1 Å². The molecule has 1 aromatic carbocycles. The molecule has 0 atom stereocenters. The lowest BCUT2D eigenvalue weighted by atomic mass is 10.1. The molecule has 0 fully saturated rings. The van der Waals surface area contributed by atoms with Crippen LogP contribution in [0, 0.1) is 32.1 Å². The van der Waals surface area contributed by atoms with Crippen LogP contribution in [0.3, 0.4) is 0 Å². The second-order valence-corrected chi connectivity index (χ2v) is 6.50. The number of aromatic nitrogens is 1. The highest BCUT2D eigenvalue weighted by Crippen LogP contribution is 2.20. The minimum atomic E-state index is -0.561. The van der Waals surface area contributed by atoms with Gasteiger partial charge < -0.3 is 9.64 Å². The molecule has 0 N–H and O–H groups in total. The molecule has 130 valence electrons. The molecule has 0 unspecified atom stereocenters. The van der Waals surface area contributed by atoms with E-state index in [-0.39, 0.29) is 25.5 Å². The van der Waals surface area contributed by atoms with Crippen LogP contribution in [0.25, 0.3) is 0 Å². The molecule has 0 aliphatic rings. The van der Waals surface area contributed by atoms with E-state index in [2.05, 4.69) is 4.98 Å². The predicted molar refractivity (Wildman–Crippen MR) is 95.6 cm³/mol. The Morgan fingerprint density at radius 3 is 2.48 bits per heavy atom. The van der Waals surface area contributed by atoms with Gasteiger partial charge >= 0.3 is 5.97 Å². The zero-order valence-corrected chi connectivity index (χ0v) is 15.2. The number of carbonyl (C=O) groups is 2. The van der Waals surface area contributed by atoms with Crippen molar-refractivity contribution in [3.63, 3.8) is 0 Å². The summed E-state index contributed by atoms with van der Waals surface area (Å²) in [5, 5.41) is 8.85. The minimum Gasteiger partial charge on any atom is -0.451 e. The van der Waals surface area contributed by atoms with Crippen molar-refractivity contribution in [2.75, 3.05) is 18.1 Å². The second kappa shape index (κ2) is 8.40. The quantitative estimate of drug-likeness (QED) is 0.742. The second-order valence-electron chi connectivity index (χ2n) is 5.64. The molecule has 2 aromatic rings. The first-order valence-electron chi connectivity index (χ1n) is 7.75. The van der Waals surface area contributed by atoms with Gasteiger partial charge in [0, 0.05) is 12.2 Å². The molecular weight excluding hydrogens is 338 g/mol. The maximum absolute atomic E-state index is 12.6. The molecule has 6 nitrogen and oxygen atoms in total. The lowest BCUT2D eigenvalue weighted by Gasteiger charge is -2.22. The first-order chi connectivity index (χ1) is 11.9. The Kier molecular flexibility index (Phi) is 6.25. The number of esters is 1. The summed E-state index contributed by atoms with van der Waals surface area (Å²) in [5.41, 5.74) is 4.87. The number of thiazole rings is 1. The zero-order valence-electron chi connectivity index (χ0n) is 14.4. The monoisotopic (exact) mass is 357 g/mol. The fourth-order valence-electron chi connectivity index (χ4n) is 2.43. The molecule has 1 aromatic heterocycles. The number of hydrogen-bond donors (Lipinski definition) is 0. The van der Waals surface area contributed by atoms with E-state index in [4.69, 9.17) is 10.00 Å². The van der Waals surface area contributed by atoms with E-state index < -0.39 is 5.97 Å². The molecule has 0 bridgehead atoms. The van der Waals surface area contributed by atoms with Gasteiger partial charge in [-0.1, -0.05) is 6.07 Å². The number of nitrogens with zero attached hydrogens (tertiary/aromatic N) is 3. The summed E-state index contributed by atoms with van der Waals surface area (Å²) in [6.07, 6.45) is 0.195. The minimum absolute atomic E-state index is 0.195. The van der Waals surface area contributed by atoms with E-state index in [9.17, 15) is 9.59 Å². The van der Waals surface area contributed by atoms with Gasteiger partial charge in [-0.05, 0) is 44.0 Å². The van der Waals surface area contributed by atoms with E-state index in [1.165, 1.54) is 16.2 Å². The van der Waals surface area contributed by atoms with E-state index >= 15 is 0 Å². The van der Waals surface area contributed by atoms with E-state index in [1.807, 2.05) is 38.1 Å². The number of carbonyl (C=O) groups excluding carboxylic acids is 2. The van der Waals surface area contributed by atoms with Gasteiger partial charge in [-0.2, -0.15) is 5.26 Å². The Balaban J connectivity index is 2.12. The molecule has 0 saturated carbocycles. The zero-order chi connectivity index (χ0) is 18.4. The molecule has 2 rings (SSSR count). The number of aryl methyl sites for hydroxylation is 3. The van der Waals surface area contributed by atoms with Crippen LogP contribution in [0.2, 0.25) is 0 Å². The van der Waals surface area contributed by atoms with Crippen LogP contribution in [0.1, 0.15) is 32.9 Å². The third-order valence-electron chi connectivity index (χ3n) is 3.52. The maximum atomic E-state index is 12.6. The van der Waals surface area contributed by atoms with Crippen LogP contribution in [0.5, 0.6) is 0 Å². The first kappa shape index (κ1) is 18.6. The van der Waals surface area contributed by atoms with Crippen molar-refractivity contribution in [1.29, 1.82) is 5.26 Å². The van der Waals surface area contributed by atoms with Crippen LogP contribution >= 0.6 is 11.3 Å². The summed E-state index contributed by atoms with van der Waals surface area (Å²) >= 11 is 1.18. The molecule has 0 aliphatic carbocycles. The van der Waals surface area contributed by atoms with Gasteiger partial charge in [-0.25, -0.2) is 9.78 Å². The summed E-state index contributed by atoms with van der Waals surface area (Å²) in [6.45, 7) is 5.46. The molecule has 7 heteroatoms. The van der Waals surface area contributed by atoms with Crippen molar-refractivity contribution >= 4 is 28.9 Å². The fourth-order valence-corrected chi connectivity index (χ4v) is 3.13. The molecule has 0 aliphatic heterocycles. The van der Waals surface area contributed by atoms with Gasteiger partial charge in [0.05, 0.1) is 23.7 Å². The number of amides is 1. The van der Waals surface area contributed by atoms with Gasteiger partial charge in [0.2, 0.25) is 0 Å². The lowest BCUT2D eigenvalue weighted by Crippen LogP contribution is -2.35. The van der Waals surface area contributed by atoms with Crippen molar-refractivity contribution < 1.29 is 14.3 Å². The van der Waals surface area contributed by atoms with Crippen molar-refractivity contribution in [3.05, 3.63) is 45.4 Å². The SMILES string of the molecule is Cc1cc(C)cc(N(CCC#N)C(=O)COC(=O)c2scnc2C)c1. The largest absolute Gasteiger partial charge is 0.451 e. The van der Waals surface area contributed by atoms with Crippen molar-refractivity contribution in [2.45, 2.75) is 27.2 Å². The molecule has 25 heavy (non-hydrogen) atoms. The number of ether oxygens (including phenoxy) is 1. The Morgan fingerprint density at radius 1 is 1.24 bits per heavy atom. The highest BCUT2D eigenvalue weighted by Gasteiger charge is 2.20. The Morgan fingerprint density at radius 2 is 1.92 bits per heavy atom. The summed E-state index contributed by atoms with van der Waals surface area (Å²) in [6, 6.07) is 7.79. The topological polar surface area (TPSA) is 83.3 Å². The predicted octanol–water partition coefficient (Wildman–Crippen LogP) is 3.17. The molecule has 0 spiro atoms. The standard InChI is InChI=1S/C18H19N3O3S/c1-12-7-13(2)9-15(8-12)21(6-4-5-19)16(22)10-24-18(23)17-14(3)20-11-25-17/h7-9,11H,4,6,10H2,1-3H3. The number of nitriles is 1.